The van der Waals surface area contributed by atoms with Gasteiger partial charge in [0.2, 0.25) is 0 Å². The van der Waals surface area contributed by atoms with Crippen molar-refractivity contribution in [1.29, 1.82) is 0 Å². The first-order valence-corrected chi connectivity index (χ1v) is 11.2. The molecule has 1 saturated heterocycles. The number of ketones is 1. The van der Waals surface area contributed by atoms with Gasteiger partial charge >= 0.3 is 0 Å². The van der Waals surface area contributed by atoms with Crippen molar-refractivity contribution in [2.45, 2.75) is 26.4 Å². The molecule has 1 amide bonds. The lowest BCUT2D eigenvalue weighted by molar-refractivity contribution is -0.140. The number of likely N-dealkylation sites (tertiary alicyclic amines) is 1. The van der Waals surface area contributed by atoms with Gasteiger partial charge in [0, 0.05) is 12.1 Å². The molecule has 3 aromatic rings. The lowest BCUT2D eigenvalue weighted by Crippen LogP contribution is -2.29. The lowest BCUT2D eigenvalue weighted by Gasteiger charge is -2.25. The largest absolute Gasteiger partial charge is 0.507 e. The van der Waals surface area contributed by atoms with Crippen molar-refractivity contribution >= 4 is 17.4 Å². The maximum absolute atomic E-state index is 13.4. The zero-order valence-corrected chi connectivity index (χ0v) is 19.1. The predicted molar refractivity (Wildman–Crippen MR) is 127 cm³/mol. The number of carbonyl (C=O) groups is 2. The predicted octanol–water partition coefficient (Wildman–Crippen LogP) is 5.48. The van der Waals surface area contributed by atoms with Crippen molar-refractivity contribution in [2.24, 2.45) is 5.92 Å². The van der Waals surface area contributed by atoms with Gasteiger partial charge in [-0.25, -0.2) is 4.39 Å². The van der Waals surface area contributed by atoms with Gasteiger partial charge in [0.15, 0.2) is 0 Å². The van der Waals surface area contributed by atoms with Crippen LogP contribution in [0.2, 0.25) is 0 Å². The summed E-state index contributed by atoms with van der Waals surface area (Å²) in [5, 5.41) is 11.2. The molecule has 0 aromatic heterocycles. The number of hydrogen-bond acceptors (Lipinski definition) is 4. The van der Waals surface area contributed by atoms with Crippen molar-refractivity contribution in [2.75, 3.05) is 6.61 Å². The molecule has 0 bridgehead atoms. The molecule has 1 heterocycles. The average molecular weight is 460 g/mol. The number of carbonyl (C=O) groups excluding carboxylic acids is 2. The zero-order chi connectivity index (χ0) is 24.2. The summed E-state index contributed by atoms with van der Waals surface area (Å²) in [5.41, 5.74) is 1.81. The van der Waals surface area contributed by atoms with E-state index < -0.39 is 17.7 Å². The minimum Gasteiger partial charge on any atom is -0.507 e. The van der Waals surface area contributed by atoms with Crippen molar-refractivity contribution in [3.05, 3.63) is 107 Å². The molecule has 1 N–H and O–H groups in total. The van der Waals surface area contributed by atoms with Crippen LogP contribution in [0, 0.1) is 11.7 Å². The zero-order valence-electron chi connectivity index (χ0n) is 19.1. The number of nitrogens with zero attached hydrogens (tertiary/aromatic N) is 1. The first kappa shape index (κ1) is 23.2. The van der Waals surface area contributed by atoms with Gasteiger partial charge in [-0.2, -0.15) is 0 Å². The molecule has 4 rings (SSSR count). The van der Waals surface area contributed by atoms with Gasteiger partial charge in [-0.05, 0) is 53.4 Å². The minimum atomic E-state index is -0.775. The molecular weight excluding hydrogens is 433 g/mol. The summed E-state index contributed by atoms with van der Waals surface area (Å²) in [6.07, 6.45) is 0. The first-order valence-electron chi connectivity index (χ1n) is 11.2. The van der Waals surface area contributed by atoms with Crippen molar-refractivity contribution in [3.8, 4) is 5.75 Å². The Labute approximate surface area is 198 Å². The van der Waals surface area contributed by atoms with Gasteiger partial charge in [-0.15, -0.1) is 0 Å². The van der Waals surface area contributed by atoms with Gasteiger partial charge in [0.1, 0.15) is 17.3 Å². The number of ether oxygens (including phenoxy) is 1. The Hall–Kier alpha value is -3.93. The maximum atomic E-state index is 13.4. The van der Waals surface area contributed by atoms with Crippen LogP contribution in [-0.2, 0) is 16.1 Å². The Morgan fingerprint density at radius 3 is 2.24 bits per heavy atom. The van der Waals surface area contributed by atoms with Crippen LogP contribution in [0.3, 0.4) is 0 Å². The highest BCUT2D eigenvalue weighted by atomic mass is 19.1. The lowest BCUT2D eigenvalue weighted by atomic mass is 9.95. The van der Waals surface area contributed by atoms with E-state index in [1.807, 2.05) is 30.3 Å². The Morgan fingerprint density at radius 2 is 1.62 bits per heavy atom. The second-order valence-electron chi connectivity index (χ2n) is 8.69. The van der Waals surface area contributed by atoms with Gasteiger partial charge in [0.25, 0.3) is 11.7 Å². The number of aliphatic hydroxyl groups is 1. The molecule has 34 heavy (non-hydrogen) atoms. The third kappa shape index (κ3) is 4.86. The molecule has 1 fully saturated rings. The number of hydrogen-bond donors (Lipinski definition) is 1. The molecule has 1 aliphatic rings. The standard InChI is InChI=1S/C28H26FNO4/c1-18(2)17-34-23-14-10-21(11-15-23)26(31)24-25(20-6-4-3-5-7-20)30(28(33)27(24)32)16-19-8-12-22(29)13-9-19/h3-15,18,25,31H,16-17H2,1-2H3/b26-24-. The normalized spacial score (nSPS) is 17.4. The highest BCUT2D eigenvalue weighted by molar-refractivity contribution is 6.46. The Bertz CT molecular complexity index is 1200. The molecule has 0 spiro atoms. The first-order chi connectivity index (χ1) is 16.3. The van der Waals surface area contributed by atoms with E-state index in [2.05, 4.69) is 13.8 Å². The summed E-state index contributed by atoms with van der Waals surface area (Å²) in [6, 6.07) is 20.9. The van der Waals surface area contributed by atoms with E-state index in [9.17, 15) is 19.1 Å². The summed E-state index contributed by atoms with van der Waals surface area (Å²) >= 11 is 0. The van der Waals surface area contributed by atoms with Crippen LogP contribution in [0.25, 0.3) is 5.76 Å². The van der Waals surface area contributed by atoms with Crippen LogP contribution in [0.15, 0.2) is 84.4 Å². The summed E-state index contributed by atoms with van der Waals surface area (Å²) in [4.78, 5) is 27.6. The number of benzene rings is 3. The van der Waals surface area contributed by atoms with Gasteiger partial charge in [-0.1, -0.05) is 56.3 Å². The molecule has 3 aromatic carbocycles. The van der Waals surface area contributed by atoms with E-state index in [1.54, 1.807) is 36.4 Å². The summed E-state index contributed by atoms with van der Waals surface area (Å²) in [7, 11) is 0. The van der Waals surface area contributed by atoms with Crippen molar-refractivity contribution in [3.63, 3.8) is 0 Å². The molecule has 1 aliphatic heterocycles. The Kier molecular flexibility index (Phi) is 6.77. The fourth-order valence-electron chi connectivity index (χ4n) is 3.94. The Balaban J connectivity index is 1.73. The fraction of sp³-hybridized carbons (Fsp3) is 0.214. The van der Waals surface area contributed by atoms with Crippen LogP contribution in [0.5, 0.6) is 5.75 Å². The highest BCUT2D eigenvalue weighted by Crippen LogP contribution is 2.40. The fourth-order valence-corrected chi connectivity index (χ4v) is 3.94. The van der Waals surface area contributed by atoms with Crippen molar-refractivity contribution in [1.82, 2.24) is 4.90 Å². The molecule has 5 nitrogen and oxygen atoms in total. The SMILES string of the molecule is CC(C)COc1ccc(/C(O)=C2/C(=O)C(=O)N(Cc3ccc(F)cc3)C2c2ccccc2)cc1. The molecule has 1 unspecified atom stereocenters. The summed E-state index contributed by atoms with van der Waals surface area (Å²) in [6.45, 7) is 4.76. The van der Waals surface area contributed by atoms with E-state index in [0.717, 1.165) is 0 Å². The second kappa shape index (κ2) is 9.91. The van der Waals surface area contributed by atoms with E-state index in [0.29, 0.717) is 35.0 Å². The third-order valence-electron chi connectivity index (χ3n) is 5.63. The minimum absolute atomic E-state index is 0.0224. The van der Waals surface area contributed by atoms with Crippen LogP contribution >= 0.6 is 0 Å². The number of aliphatic hydroxyl groups excluding tert-OH is 1. The van der Waals surface area contributed by atoms with Gasteiger partial charge in [-0.3, -0.25) is 9.59 Å². The maximum Gasteiger partial charge on any atom is 0.295 e. The Morgan fingerprint density at radius 1 is 0.971 bits per heavy atom. The molecule has 0 saturated carbocycles. The number of halogens is 1. The highest BCUT2D eigenvalue weighted by Gasteiger charge is 2.46. The topological polar surface area (TPSA) is 66.8 Å². The van der Waals surface area contributed by atoms with Gasteiger partial charge < -0.3 is 14.7 Å². The molecule has 0 aliphatic carbocycles. The van der Waals surface area contributed by atoms with Crippen LogP contribution < -0.4 is 4.74 Å². The number of rotatable bonds is 7. The van der Waals surface area contributed by atoms with Gasteiger partial charge in [0.05, 0.1) is 18.2 Å². The molecule has 0 radical (unpaired) electrons. The van der Waals surface area contributed by atoms with Crippen LogP contribution in [0.4, 0.5) is 4.39 Å². The number of amides is 1. The van der Waals surface area contributed by atoms with E-state index >= 15 is 0 Å². The monoisotopic (exact) mass is 459 g/mol. The second-order valence-corrected chi connectivity index (χ2v) is 8.69. The number of Topliss-reactive ketones (excluding diaryl/α,β-unsaturated/α-hetero) is 1. The van der Waals surface area contributed by atoms with Crippen molar-refractivity contribution < 1.29 is 23.8 Å². The summed E-state index contributed by atoms with van der Waals surface area (Å²) in [5.74, 6) is -1.07. The molecule has 174 valence electrons. The smallest absolute Gasteiger partial charge is 0.295 e. The quantitative estimate of drug-likeness (QED) is 0.289. The van der Waals surface area contributed by atoms with E-state index in [1.165, 1.54) is 17.0 Å². The van der Waals surface area contributed by atoms with Crippen LogP contribution in [-0.4, -0.2) is 28.3 Å². The molecular formula is C28H26FNO4. The summed E-state index contributed by atoms with van der Waals surface area (Å²) < 4.78 is 19.1. The van der Waals surface area contributed by atoms with Crippen LogP contribution in [0.1, 0.15) is 36.6 Å². The molecule has 6 heteroatoms. The average Bonchev–Trinajstić information content (AvgIpc) is 3.09. The van der Waals surface area contributed by atoms with E-state index in [-0.39, 0.29) is 23.7 Å². The third-order valence-corrected chi connectivity index (χ3v) is 5.63. The molecule has 1 atom stereocenters. The van der Waals surface area contributed by atoms with E-state index in [4.69, 9.17) is 4.74 Å².